The molecular formula is C31H32N3Y-. The van der Waals surface area contributed by atoms with Crippen molar-refractivity contribution in [2.45, 2.75) is 46.5 Å². The Morgan fingerprint density at radius 1 is 0.829 bits per heavy atom. The maximum absolute atomic E-state index is 3.74. The van der Waals surface area contributed by atoms with Crippen LogP contribution in [0.3, 0.4) is 0 Å². The van der Waals surface area contributed by atoms with E-state index in [4.69, 9.17) is 0 Å². The molecule has 0 saturated carbocycles. The Morgan fingerprint density at radius 2 is 1.51 bits per heavy atom. The summed E-state index contributed by atoms with van der Waals surface area (Å²) in [5, 5.41) is 0. The monoisotopic (exact) mass is 535 g/mol. The van der Waals surface area contributed by atoms with E-state index in [1.807, 2.05) is 12.1 Å². The molecule has 3 nitrogen and oxygen atoms in total. The van der Waals surface area contributed by atoms with Gasteiger partial charge in [0.2, 0.25) is 0 Å². The molecule has 0 fully saturated rings. The molecule has 0 saturated heterocycles. The average molecular weight is 536 g/mol. The molecule has 1 aliphatic heterocycles. The van der Waals surface area contributed by atoms with Crippen LogP contribution in [0.4, 0.5) is 5.69 Å². The third-order valence-electron chi connectivity index (χ3n) is 6.69. The molecule has 1 aliphatic rings. The number of benzene rings is 3. The van der Waals surface area contributed by atoms with Crippen molar-refractivity contribution in [3.63, 3.8) is 0 Å². The fraction of sp³-hybridized carbons (Fsp3) is 0.258. The van der Waals surface area contributed by atoms with Crippen molar-refractivity contribution in [3.05, 3.63) is 119 Å². The normalized spacial score (nSPS) is 14.2. The molecule has 0 atom stereocenters. The van der Waals surface area contributed by atoms with Gasteiger partial charge in [-0.05, 0) is 36.1 Å². The number of rotatable bonds is 4. The summed E-state index contributed by atoms with van der Waals surface area (Å²) in [5.74, 6) is 0.826. The van der Waals surface area contributed by atoms with Gasteiger partial charge in [0.25, 0.3) is 0 Å². The zero-order valence-electron chi connectivity index (χ0n) is 21.5. The summed E-state index contributed by atoms with van der Waals surface area (Å²) < 4.78 is 6.79. The molecule has 1 aromatic heterocycles. The van der Waals surface area contributed by atoms with Gasteiger partial charge in [-0.1, -0.05) is 63.6 Å². The van der Waals surface area contributed by atoms with Gasteiger partial charge in [-0.3, -0.25) is 4.57 Å². The number of aromatic nitrogens is 2. The van der Waals surface area contributed by atoms with Crippen LogP contribution in [0.25, 0.3) is 11.3 Å². The van der Waals surface area contributed by atoms with E-state index in [2.05, 4.69) is 129 Å². The van der Waals surface area contributed by atoms with E-state index >= 15 is 0 Å². The van der Waals surface area contributed by atoms with Crippen LogP contribution in [-0.4, -0.2) is 9.13 Å². The minimum atomic E-state index is 0. The molecule has 0 bridgehead atoms. The maximum atomic E-state index is 3.74. The van der Waals surface area contributed by atoms with Crippen LogP contribution < -0.4 is 10.2 Å². The largest absolute Gasteiger partial charge is 0.313 e. The predicted molar refractivity (Wildman–Crippen MR) is 140 cm³/mol. The van der Waals surface area contributed by atoms with Gasteiger partial charge >= 0.3 is 5.62 Å². The van der Waals surface area contributed by atoms with E-state index in [1.165, 1.54) is 33.6 Å². The summed E-state index contributed by atoms with van der Waals surface area (Å²) in [7, 11) is 2.12. The second kappa shape index (κ2) is 10.2. The summed E-state index contributed by atoms with van der Waals surface area (Å²) in [4.78, 5) is 0. The molecule has 0 N–H and O–H groups in total. The maximum Gasteiger partial charge on any atom is 0.308 e. The molecule has 35 heavy (non-hydrogen) atoms. The fourth-order valence-corrected chi connectivity index (χ4v) is 4.99. The molecule has 0 unspecified atom stereocenters. The van der Waals surface area contributed by atoms with Crippen LogP contribution in [0, 0.1) is 19.2 Å². The van der Waals surface area contributed by atoms with E-state index in [1.54, 1.807) is 0 Å². The van der Waals surface area contributed by atoms with E-state index < -0.39 is 0 Å². The van der Waals surface area contributed by atoms with E-state index in [-0.39, 0.29) is 32.7 Å². The van der Waals surface area contributed by atoms with Gasteiger partial charge in [-0.25, -0.2) is 10.1 Å². The van der Waals surface area contributed by atoms with Crippen molar-refractivity contribution in [1.82, 2.24) is 13.7 Å². The molecule has 0 spiro atoms. The summed E-state index contributed by atoms with van der Waals surface area (Å²) in [6.45, 7) is 11.3. The summed E-state index contributed by atoms with van der Waals surface area (Å²) in [6, 6.07) is 24.8. The molecule has 1 radical (unpaired) electrons. The second-order valence-electron chi connectivity index (χ2n) is 9.74. The van der Waals surface area contributed by atoms with Crippen molar-refractivity contribution < 1.29 is 32.7 Å². The number of hydrogen-bond donors (Lipinski definition) is 0. The molecular weight excluding hydrogens is 503 g/mol. The molecule has 2 heterocycles. The van der Waals surface area contributed by atoms with Gasteiger partial charge in [-0.2, -0.15) is 29.8 Å². The number of fused-ring (bicyclic) bond motifs is 1. The average Bonchev–Trinajstić information content (AvgIpc) is 3.40. The predicted octanol–water partition coefficient (Wildman–Crippen LogP) is 6.48. The molecule has 175 valence electrons. The molecule has 4 aromatic rings. The van der Waals surface area contributed by atoms with Crippen molar-refractivity contribution >= 4 is 11.3 Å². The third-order valence-corrected chi connectivity index (χ3v) is 6.69. The Bertz CT molecular complexity index is 1440. The van der Waals surface area contributed by atoms with Crippen LogP contribution in [0.1, 0.15) is 67.3 Å². The van der Waals surface area contributed by atoms with Crippen molar-refractivity contribution in [1.29, 1.82) is 0 Å². The SMILES string of the molecule is Cc1cccc2c1[N+](=c1n(C)ccn1-c1c(C(C)C)cccc1C(C)C)[C-]=C2c1[c-]cccc1.[Y]. The number of hydrogen-bond acceptors (Lipinski definition) is 0. The number of aryl methyl sites for hydroxylation is 2. The van der Waals surface area contributed by atoms with Crippen molar-refractivity contribution in [2.75, 3.05) is 0 Å². The van der Waals surface area contributed by atoms with Gasteiger partial charge in [0.1, 0.15) is 5.69 Å². The zero-order chi connectivity index (χ0) is 24.0. The van der Waals surface area contributed by atoms with Gasteiger partial charge in [-0.15, -0.1) is 17.7 Å². The van der Waals surface area contributed by atoms with Gasteiger partial charge in [0, 0.05) is 38.4 Å². The van der Waals surface area contributed by atoms with Crippen molar-refractivity contribution in [3.8, 4) is 5.69 Å². The summed E-state index contributed by atoms with van der Waals surface area (Å²) in [5.41, 5.74) is 10.8. The summed E-state index contributed by atoms with van der Waals surface area (Å²) in [6.07, 6.45) is 8.07. The smallest absolute Gasteiger partial charge is 0.308 e. The number of imidazole rings is 1. The first-order valence-electron chi connectivity index (χ1n) is 12.1. The standard InChI is InChI=1S/C31H32N3.Y/c1-21(2)25-15-11-16-26(22(3)4)30(25)33-19-18-32(6)31(33)34-20-28(24-13-8-7-9-14-24)27-17-10-12-23(5)29(27)34;/h7-13,15-19,21-22H,1-6H3;/q-1;. The molecule has 0 aliphatic carbocycles. The van der Waals surface area contributed by atoms with Gasteiger partial charge in [0.05, 0.1) is 19.4 Å². The Labute approximate surface area is 234 Å². The Kier molecular flexibility index (Phi) is 7.50. The quantitative estimate of drug-likeness (QED) is 0.210. The molecule has 3 aromatic carbocycles. The van der Waals surface area contributed by atoms with E-state index in [0.717, 1.165) is 16.8 Å². The first kappa shape index (κ1) is 25.6. The number of para-hydroxylation sites is 2. The topological polar surface area (TPSA) is 12.9 Å². The fourth-order valence-electron chi connectivity index (χ4n) is 4.99. The van der Waals surface area contributed by atoms with E-state index in [9.17, 15) is 0 Å². The van der Waals surface area contributed by atoms with Gasteiger partial charge in [0.15, 0.2) is 0 Å². The van der Waals surface area contributed by atoms with Crippen LogP contribution >= 0.6 is 0 Å². The minimum Gasteiger partial charge on any atom is -0.313 e. The first-order valence-corrected chi connectivity index (χ1v) is 12.1. The first-order chi connectivity index (χ1) is 16.4. The number of nitrogens with zero attached hydrogens (tertiary/aromatic N) is 3. The third kappa shape index (κ3) is 4.45. The van der Waals surface area contributed by atoms with E-state index in [0.29, 0.717) is 11.8 Å². The van der Waals surface area contributed by atoms with Crippen LogP contribution in [-0.2, 0) is 39.8 Å². The van der Waals surface area contributed by atoms with Crippen LogP contribution in [0.2, 0.25) is 0 Å². The Balaban J connectivity index is 0.00000289. The second-order valence-corrected chi connectivity index (χ2v) is 9.74. The summed E-state index contributed by atoms with van der Waals surface area (Å²) >= 11 is 0. The van der Waals surface area contributed by atoms with Crippen LogP contribution in [0.15, 0.2) is 73.1 Å². The van der Waals surface area contributed by atoms with Crippen molar-refractivity contribution in [2.24, 2.45) is 7.05 Å². The molecule has 5 rings (SSSR count). The zero-order valence-corrected chi connectivity index (χ0v) is 24.3. The Hall–Kier alpha value is -2.49. The minimum absolute atomic E-state index is 0. The molecule has 0 amide bonds. The molecule has 4 heteroatoms. The van der Waals surface area contributed by atoms with Crippen LogP contribution in [0.5, 0.6) is 0 Å². The van der Waals surface area contributed by atoms with Gasteiger partial charge < -0.3 is 4.58 Å². The Morgan fingerprint density at radius 3 is 2.14 bits per heavy atom.